The Morgan fingerprint density at radius 3 is 2.42 bits per heavy atom. The molecule has 2 aromatic carbocycles. The van der Waals surface area contributed by atoms with E-state index in [1.54, 1.807) is 38.1 Å². The Morgan fingerprint density at radius 2 is 1.77 bits per heavy atom. The molecule has 0 radical (unpaired) electrons. The molecule has 1 unspecified atom stereocenters. The first kappa shape index (κ1) is 22.3. The summed E-state index contributed by atoms with van der Waals surface area (Å²) in [4.78, 5) is 13.5. The number of para-hydroxylation sites is 3. The second kappa shape index (κ2) is 10.1. The summed E-state index contributed by atoms with van der Waals surface area (Å²) in [6.07, 6.45) is 0. The number of carbonyl (C=O) groups is 1. The number of hydrogen-bond acceptors (Lipinski definition) is 6. The van der Waals surface area contributed by atoms with E-state index in [-0.39, 0.29) is 5.91 Å². The van der Waals surface area contributed by atoms with E-state index >= 15 is 0 Å². The van der Waals surface area contributed by atoms with E-state index in [0.29, 0.717) is 34.0 Å². The smallest absolute Gasteiger partial charge is 0.254 e. The van der Waals surface area contributed by atoms with E-state index in [1.165, 1.54) is 0 Å². The fraction of sp³-hybridized carbons (Fsp3) is 0.250. The average molecular weight is 436 g/mol. The zero-order valence-corrected chi connectivity index (χ0v) is 18.8. The first-order chi connectivity index (χ1) is 15.0. The second-order valence-corrected chi connectivity index (χ2v) is 8.05. The Balaban J connectivity index is 2.13. The predicted molar refractivity (Wildman–Crippen MR) is 124 cm³/mol. The molecule has 6 nitrogen and oxygen atoms in total. The van der Waals surface area contributed by atoms with Crippen LogP contribution >= 0.6 is 11.8 Å². The predicted octanol–water partition coefficient (Wildman–Crippen LogP) is 4.79. The van der Waals surface area contributed by atoms with Gasteiger partial charge >= 0.3 is 0 Å². The molecule has 1 heterocycles. The first-order valence-corrected chi connectivity index (χ1v) is 10.9. The van der Waals surface area contributed by atoms with Gasteiger partial charge in [-0.05, 0) is 30.9 Å². The van der Waals surface area contributed by atoms with Crippen molar-refractivity contribution in [2.24, 2.45) is 0 Å². The van der Waals surface area contributed by atoms with E-state index in [9.17, 15) is 10.1 Å². The molecule has 2 N–H and O–H groups in total. The first-order valence-electron chi connectivity index (χ1n) is 9.87. The lowest BCUT2D eigenvalue weighted by atomic mass is 9.81. The van der Waals surface area contributed by atoms with E-state index < -0.39 is 5.92 Å². The Labute approximate surface area is 186 Å². The molecule has 1 atom stereocenters. The highest BCUT2D eigenvalue weighted by molar-refractivity contribution is 8.03. The number of amides is 1. The molecule has 7 heteroatoms. The van der Waals surface area contributed by atoms with Gasteiger partial charge in [0.25, 0.3) is 5.91 Å². The molecule has 1 aliphatic rings. The highest BCUT2D eigenvalue weighted by Crippen LogP contribution is 2.44. The van der Waals surface area contributed by atoms with Gasteiger partial charge in [0, 0.05) is 16.8 Å². The van der Waals surface area contributed by atoms with Crippen LogP contribution in [-0.2, 0) is 4.79 Å². The number of methoxy groups -OCH3 is 2. The fourth-order valence-corrected chi connectivity index (χ4v) is 4.46. The standard InChI is InChI=1S/C24H25N3O3S/c1-5-31-24-17(14-25)22(16-10-6-8-12-19(16)29-3)21(15(2)26-24)23(28)27-18-11-7-9-13-20(18)30-4/h6-13,22,26H,5H2,1-4H3,(H,27,28). The maximum atomic E-state index is 13.5. The minimum atomic E-state index is -0.564. The fourth-order valence-electron chi connectivity index (χ4n) is 3.63. The van der Waals surface area contributed by atoms with Crippen molar-refractivity contribution in [1.82, 2.24) is 5.32 Å². The zero-order chi connectivity index (χ0) is 22.4. The van der Waals surface area contributed by atoms with Crippen molar-refractivity contribution >= 4 is 23.4 Å². The molecular formula is C24H25N3O3S. The van der Waals surface area contributed by atoms with Gasteiger partial charge in [-0.2, -0.15) is 5.26 Å². The van der Waals surface area contributed by atoms with Crippen molar-refractivity contribution in [3.63, 3.8) is 0 Å². The van der Waals surface area contributed by atoms with Gasteiger partial charge in [0.2, 0.25) is 0 Å². The number of anilines is 1. The Hall–Kier alpha value is -3.37. The number of rotatable bonds is 7. The average Bonchev–Trinajstić information content (AvgIpc) is 2.79. The Morgan fingerprint density at radius 1 is 1.13 bits per heavy atom. The topological polar surface area (TPSA) is 83.4 Å². The third kappa shape index (κ3) is 4.54. The molecule has 0 spiro atoms. The molecule has 1 aliphatic heterocycles. The summed E-state index contributed by atoms with van der Waals surface area (Å²) < 4.78 is 10.9. The minimum absolute atomic E-state index is 0.307. The van der Waals surface area contributed by atoms with E-state index in [1.807, 2.05) is 50.2 Å². The summed E-state index contributed by atoms with van der Waals surface area (Å²) in [5, 5.41) is 17.0. The molecule has 0 aromatic heterocycles. The van der Waals surface area contributed by atoms with Crippen molar-refractivity contribution in [3.05, 3.63) is 76.0 Å². The quantitative estimate of drug-likeness (QED) is 0.651. The Bertz CT molecular complexity index is 1090. The Kier molecular flexibility index (Phi) is 7.27. The number of ether oxygens (including phenoxy) is 2. The number of benzene rings is 2. The molecule has 0 fully saturated rings. The number of thioether (sulfide) groups is 1. The van der Waals surface area contributed by atoms with Crippen LogP contribution < -0.4 is 20.1 Å². The van der Waals surface area contributed by atoms with Gasteiger partial charge in [-0.1, -0.05) is 37.3 Å². The molecular weight excluding hydrogens is 410 g/mol. The number of nitrogens with one attached hydrogen (secondary N) is 2. The van der Waals surface area contributed by atoms with Crippen molar-refractivity contribution in [3.8, 4) is 17.6 Å². The van der Waals surface area contributed by atoms with E-state index in [0.717, 1.165) is 16.3 Å². The van der Waals surface area contributed by atoms with Crippen molar-refractivity contribution < 1.29 is 14.3 Å². The van der Waals surface area contributed by atoms with Gasteiger partial charge in [0.1, 0.15) is 11.5 Å². The molecule has 3 rings (SSSR count). The van der Waals surface area contributed by atoms with E-state index in [2.05, 4.69) is 16.7 Å². The number of allylic oxidation sites excluding steroid dienone is 2. The van der Waals surface area contributed by atoms with Gasteiger partial charge in [0.15, 0.2) is 0 Å². The van der Waals surface area contributed by atoms with Crippen molar-refractivity contribution in [2.75, 3.05) is 25.3 Å². The lowest BCUT2D eigenvalue weighted by molar-refractivity contribution is -0.113. The summed E-state index contributed by atoms with van der Waals surface area (Å²) in [7, 11) is 3.14. The lowest BCUT2D eigenvalue weighted by Crippen LogP contribution is -2.31. The third-order valence-electron chi connectivity index (χ3n) is 4.99. The van der Waals surface area contributed by atoms with Crippen LogP contribution in [0.3, 0.4) is 0 Å². The van der Waals surface area contributed by atoms with Crippen molar-refractivity contribution in [1.29, 1.82) is 5.26 Å². The second-order valence-electron chi connectivity index (χ2n) is 6.78. The van der Waals surface area contributed by atoms with E-state index in [4.69, 9.17) is 9.47 Å². The van der Waals surface area contributed by atoms with Crippen LogP contribution in [0.15, 0.2) is 70.4 Å². The molecule has 0 bridgehead atoms. The molecule has 2 aromatic rings. The number of carbonyl (C=O) groups excluding carboxylic acids is 1. The molecule has 0 saturated heterocycles. The minimum Gasteiger partial charge on any atom is -0.496 e. The highest BCUT2D eigenvalue weighted by atomic mass is 32.2. The summed E-state index contributed by atoms with van der Waals surface area (Å²) in [5.74, 6) is 1.11. The van der Waals surface area contributed by atoms with Gasteiger partial charge < -0.3 is 20.1 Å². The van der Waals surface area contributed by atoms with Crippen LogP contribution in [-0.4, -0.2) is 25.9 Å². The summed E-state index contributed by atoms with van der Waals surface area (Å²) in [6, 6.07) is 17.0. The highest BCUT2D eigenvalue weighted by Gasteiger charge is 2.36. The molecule has 1 amide bonds. The van der Waals surface area contributed by atoms with Gasteiger partial charge in [-0.15, -0.1) is 11.8 Å². The van der Waals surface area contributed by atoms with Crippen molar-refractivity contribution in [2.45, 2.75) is 19.8 Å². The lowest BCUT2D eigenvalue weighted by Gasteiger charge is -2.30. The van der Waals surface area contributed by atoms with Gasteiger partial charge in [-0.25, -0.2) is 0 Å². The summed E-state index contributed by atoms with van der Waals surface area (Å²) in [5.41, 5.74) is 2.98. The number of hydrogen-bond donors (Lipinski definition) is 2. The van der Waals surface area contributed by atoms with Crippen LogP contribution in [0.25, 0.3) is 0 Å². The normalized spacial score (nSPS) is 15.8. The van der Waals surface area contributed by atoms with Crippen LogP contribution in [0, 0.1) is 11.3 Å². The zero-order valence-electron chi connectivity index (χ0n) is 18.0. The summed E-state index contributed by atoms with van der Waals surface area (Å²) >= 11 is 1.54. The van der Waals surface area contributed by atoms with Crippen LogP contribution in [0.5, 0.6) is 11.5 Å². The maximum absolute atomic E-state index is 13.5. The monoisotopic (exact) mass is 435 g/mol. The van der Waals surface area contributed by atoms with Crippen LogP contribution in [0.1, 0.15) is 25.3 Å². The molecule has 0 saturated carbocycles. The molecule has 160 valence electrons. The molecule has 31 heavy (non-hydrogen) atoms. The largest absolute Gasteiger partial charge is 0.496 e. The van der Waals surface area contributed by atoms with Gasteiger partial charge in [-0.3, -0.25) is 4.79 Å². The number of nitrogens with zero attached hydrogens (tertiary/aromatic N) is 1. The number of nitriles is 1. The van der Waals surface area contributed by atoms with Crippen LogP contribution in [0.4, 0.5) is 5.69 Å². The SMILES string of the molecule is CCSC1=C(C#N)C(c2ccccc2OC)C(C(=O)Nc2ccccc2OC)=C(C)N1. The number of dihydropyridines is 1. The maximum Gasteiger partial charge on any atom is 0.254 e. The van der Waals surface area contributed by atoms with Crippen LogP contribution in [0.2, 0.25) is 0 Å². The molecule has 0 aliphatic carbocycles. The summed E-state index contributed by atoms with van der Waals surface area (Å²) in [6.45, 7) is 3.87. The van der Waals surface area contributed by atoms with Gasteiger partial charge in [0.05, 0.1) is 42.5 Å². The third-order valence-corrected chi connectivity index (χ3v) is 5.89.